The first kappa shape index (κ1) is 15.4. The lowest BCUT2D eigenvalue weighted by molar-refractivity contribution is -0.137. The average molecular weight is 286 g/mol. The largest absolute Gasteiger partial charge is 0.389 e. The molecule has 0 bridgehead atoms. The van der Waals surface area contributed by atoms with Gasteiger partial charge >= 0.3 is 6.18 Å². The second-order valence-corrected chi connectivity index (χ2v) is 5.99. The van der Waals surface area contributed by atoms with Gasteiger partial charge in [0.15, 0.2) is 0 Å². The quantitative estimate of drug-likeness (QED) is 0.816. The van der Waals surface area contributed by atoms with Gasteiger partial charge in [-0.25, -0.2) is 0 Å². The van der Waals surface area contributed by atoms with Crippen LogP contribution in [0.15, 0.2) is 24.3 Å². The Balaban J connectivity index is 1.94. The Morgan fingerprint density at radius 3 is 2.15 bits per heavy atom. The van der Waals surface area contributed by atoms with Crippen LogP contribution in [0.3, 0.4) is 0 Å². The minimum Gasteiger partial charge on any atom is -0.385 e. The molecule has 0 amide bonds. The fourth-order valence-electron chi connectivity index (χ4n) is 2.63. The topological polar surface area (TPSA) is 20.2 Å². The maximum Gasteiger partial charge on any atom is 0.389 e. The Bertz CT molecular complexity index is 430. The van der Waals surface area contributed by atoms with Crippen molar-refractivity contribution in [3.63, 3.8) is 0 Å². The molecule has 0 heterocycles. The van der Waals surface area contributed by atoms with Gasteiger partial charge in [0.05, 0.1) is 5.60 Å². The van der Waals surface area contributed by atoms with Crippen LogP contribution in [0.4, 0.5) is 13.2 Å². The summed E-state index contributed by atoms with van der Waals surface area (Å²) in [5.41, 5.74) is 0.775. The fourth-order valence-corrected chi connectivity index (χ4v) is 2.63. The zero-order valence-electron chi connectivity index (χ0n) is 11.7. The van der Waals surface area contributed by atoms with Gasteiger partial charge in [0.25, 0.3) is 0 Å². The summed E-state index contributed by atoms with van der Waals surface area (Å²) in [6.07, 6.45) is -1.24. The van der Waals surface area contributed by atoms with Crippen molar-refractivity contribution < 1.29 is 18.3 Å². The van der Waals surface area contributed by atoms with Crippen LogP contribution in [0.2, 0.25) is 0 Å². The third-order valence-corrected chi connectivity index (χ3v) is 4.23. The second-order valence-electron chi connectivity index (χ2n) is 5.99. The minimum atomic E-state index is -4.15. The van der Waals surface area contributed by atoms with E-state index in [0.29, 0.717) is 11.5 Å². The summed E-state index contributed by atoms with van der Waals surface area (Å²) in [6, 6.07) is 7.69. The van der Waals surface area contributed by atoms with Crippen LogP contribution in [0.1, 0.15) is 62.5 Å². The van der Waals surface area contributed by atoms with Crippen molar-refractivity contribution in [3.8, 4) is 0 Å². The summed E-state index contributed by atoms with van der Waals surface area (Å²) in [5.74, 6) is 0.624. The van der Waals surface area contributed by atoms with Gasteiger partial charge in [0.2, 0.25) is 0 Å². The highest BCUT2D eigenvalue weighted by molar-refractivity contribution is 5.29. The van der Waals surface area contributed by atoms with Gasteiger partial charge < -0.3 is 5.11 Å². The maximum atomic E-state index is 12.1. The van der Waals surface area contributed by atoms with E-state index < -0.39 is 18.2 Å². The molecule has 0 aliphatic heterocycles. The van der Waals surface area contributed by atoms with E-state index in [9.17, 15) is 18.3 Å². The molecular formula is C16H21F3O. The van der Waals surface area contributed by atoms with Crippen molar-refractivity contribution in [2.45, 2.75) is 63.1 Å². The first-order valence-corrected chi connectivity index (χ1v) is 7.17. The van der Waals surface area contributed by atoms with Gasteiger partial charge in [-0.3, -0.25) is 0 Å². The van der Waals surface area contributed by atoms with Crippen molar-refractivity contribution >= 4 is 0 Å². The normalized spacial score (nSPS) is 19.4. The van der Waals surface area contributed by atoms with Gasteiger partial charge in [0, 0.05) is 6.42 Å². The molecule has 1 fully saturated rings. The molecule has 1 aliphatic rings. The lowest BCUT2D eigenvalue weighted by Gasteiger charge is -2.28. The predicted octanol–water partition coefficient (Wildman–Crippen LogP) is 4.89. The molecule has 1 unspecified atom stereocenters. The van der Waals surface area contributed by atoms with Gasteiger partial charge in [0.1, 0.15) is 0 Å². The Hall–Kier alpha value is -1.03. The maximum absolute atomic E-state index is 12.1. The highest BCUT2D eigenvalue weighted by Gasteiger charge is 2.30. The van der Waals surface area contributed by atoms with E-state index in [1.54, 1.807) is 6.92 Å². The number of alkyl halides is 3. The third kappa shape index (κ3) is 3.98. The molecular weight excluding hydrogens is 265 g/mol. The van der Waals surface area contributed by atoms with Gasteiger partial charge in [-0.05, 0) is 49.7 Å². The summed E-state index contributed by atoms with van der Waals surface area (Å²) in [6.45, 7) is 1.59. The van der Waals surface area contributed by atoms with Crippen molar-refractivity contribution in [3.05, 3.63) is 35.4 Å². The molecule has 1 aromatic carbocycles. The Labute approximate surface area is 117 Å². The van der Waals surface area contributed by atoms with Gasteiger partial charge in [-0.15, -0.1) is 0 Å². The smallest absolute Gasteiger partial charge is 0.385 e. The van der Waals surface area contributed by atoms with Crippen LogP contribution in [-0.4, -0.2) is 11.3 Å². The van der Waals surface area contributed by atoms with E-state index in [0.717, 1.165) is 0 Å². The standard InChI is InChI=1S/C16H21F3O/c1-15(20,10-3-11-16(17,18)19)14-8-6-13(7-9-14)12-4-2-5-12/h6-9,12,20H,2-5,10-11H2,1H3. The molecule has 1 aromatic rings. The zero-order valence-corrected chi connectivity index (χ0v) is 11.7. The molecule has 0 aromatic heterocycles. The van der Waals surface area contributed by atoms with Crippen LogP contribution in [0, 0.1) is 0 Å². The van der Waals surface area contributed by atoms with E-state index in [1.807, 2.05) is 24.3 Å². The second kappa shape index (κ2) is 5.76. The SMILES string of the molecule is CC(O)(CCCC(F)(F)F)c1ccc(C2CCC2)cc1. The summed E-state index contributed by atoms with van der Waals surface area (Å²) in [5, 5.41) is 10.3. The fraction of sp³-hybridized carbons (Fsp3) is 0.625. The van der Waals surface area contributed by atoms with Crippen LogP contribution in [-0.2, 0) is 5.60 Å². The van der Waals surface area contributed by atoms with E-state index in [4.69, 9.17) is 0 Å². The average Bonchev–Trinajstić information content (AvgIpc) is 2.25. The molecule has 2 rings (SSSR count). The van der Waals surface area contributed by atoms with Crippen molar-refractivity contribution in [2.24, 2.45) is 0 Å². The third-order valence-electron chi connectivity index (χ3n) is 4.23. The Morgan fingerprint density at radius 2 is 1.70 bits per heavy atom. The molecule has 1 N–H and O–H groups in total. The lowest BCUT2D eigenvalue weighted by Crippen LogP contribution is -2.22. The Morgan fingerprint density at radius 1 is 1.10 bits per heavy atom. The minimum absolute atomic E-state index is 0.0547. The van der Waals surface area contributed by atoms with Gasteiger partial charge in [-0.1, -0.05) is 30.7 Å². The van der Waals surface area contributed by atoms with Crippen LogP contribution >= 0.6 is 0 Å². The highest BCUT2D eigenvalue weighted by atomic mass is 19.4. The van der Waals surface area contributed by atoms with Crippen LogP contribution in [0.5, 0.6) is 0 Å². The highest BCUT2D eigenvalue weighted by Crippen LogP contribution is 2.37. The van der Waals surface area contributed by atoms with Crippen molar-refractivity contribution in [1.29, 1.82) is 0 Å². The van der Waals surface area contributed by atoms with Crippen molar-refractivity contribution in [1.82, 2.24) is 0 Å². The van der Waals surface area contributed by atoms with Gasteiger partial charge in [-0.2, -0.15) is 13.2 Å². The summed E-state index contributed by atoms with van der Waals surface area (Å²) < 4.78 is 36.4. The molecule has 1 atom stereocenters. The molecule has 1 nitrogen and oxygen atoms in total. The number of rotatable bonds is 5. The van der Waals surface area contributed by atoms with E-state index >= 15 is 0 Å². The first-order valence-electron chi connectivity index (χ1n) is 7.17. The van der Waals surface area contributed by atoms with E-state index in [2.05, 4.69) is 0 Å². The molecule has 0 radical (unpaired) electrons. The molecule has 112 valence electrons. The van der Waals surface area contributed by atoms with Crippen LogP contribution in [0.25, 0.3) is 0 Å². The van der Waals surface area contributed by atoms with Crippen LogP contribution < -0.4 is 0 Å². The lowest BCUT2D eigenvalue weighted by atomic mass is 9.79. The molecule has 0 saturated heterocycles. The number of benzene rings is 1. The molecule has 20 heavy (non-hydrogen) atoms. The predicted molar refractivity (Wildman–Crippen MR) is 72.5 cm³/mol. The molecule has 0 spiro atoms. The first-order chi connectivity index (χ1) is 9.28. The van der Waals surface area contributed by atoms with E-state index in [1.165, 1.54) is 24.8 Å². The molecule has 1 aliphatic carbocycles. The number of hydrogen-bond donors (Lipinski definition) is 1. The molecule has 1 saturated carbocycles. The zero-order chi connectivity index (χ0) is 14.8. The molecule has 4 heteroatoms. The summed E-state index contributed by atoms with van der Waals surface area (Å²) >= 11 is 0. The monoisotopic (exact) mass is 286 g/mol. The summed E-state index contributed by atoms with van der Waals surface area (Å²) in [4.78, 5) is 0. The summed E-state index contributed by atoms with van der Waals surface area (Å²) in [7, 11) is 0. The Kier molecular flexibility index (Phi) is 4.43. The number of hydrogen-bond acceptors (Lipinski definition) is 1. The number of halogens is 3. The van der Waals surface area contributed by atoms with Crippen molar-refractivity contribution in [2.75, 3.05) is 0 Å². The number of aliphatic hydroxyl groups is 1. The van der Waals surface area contributed by atoms with E-state index in [-0.39, 0.29) is 12.8 Å².